The van der Waals surface area contributed by atoms with Gasteiger partial charge in [0.2, 0.25) is 0 Å². The maximum absolute atomic E-state index is 4.96. The van der Waals surface area contributed by atoms with Crippen molar-refractivity contribution in [2.45, 2.75) is 20.8 Å². The van der Waals surface area contributed by atoms with E-state index in [9.17, 15) is 0 Å². The second-order valence-electron chi connectivity index (χ2n) is 1.34. The molecule has 0 aliphatic heterocycles. The van der Waals surface area contributed by atoms with Gasteiger partial charge < -0.3 is 4.74 Å². The molecule has 0 rings (SSSR count). The first-order chi connectivity index (χ1) is 2.77. The van der Waals surface area contributed by atoms with E-state index in [2.05, 4.69) is 0 Å². The zero-order valence-corrected chi connectivity index (χ0v) is 4.62. The van der Waals surface area contributed by atoms with Crippen LogP contribution in [0.15, 0.2) is 0 Å². The zero-order chi connectivity index (χ0) is 4.99. The number of hydrogen-bond acceptors (Lipinski definition) is 1. The third kappa shape index (κ3) is 3.96. The van der Waals surface area contributed by atoms with Gasteiger partial charge in [-0.1, -0.05) is 0 Å². The van der Waals surface area contributed by atoms with Crippen molar-refractivity contribution < 1.29 is 4.74 Å². The lowest BCUT2D eigenvalue weighted by Crippen LogP contribution is -1.90. The van der Waals surface area contributed by atoms with Crippen molar-refractivity contribution in [3.05, 3.63) is 6.10 Å². The standard InChI is InChI=1S/C5H11O/c1-4-6-5(2)3/h4H2,1-3H3/q-1. The van der Waals surface area contributed by atoms with E-state index >= 15 is 0 Å². The van der Waals surface area contributed by atoms with Crippen LogP contribution in [-0.4, -0.2) is 6.61 Å². The van der Waals surface area contributed by atoms with Crippen LogP contribution in [0.1, 0.15) is 20.8 Å². The van der Waals surface area contributed by atoms with Gasteiger partial charge in [0.15, 0.2) is 0 Å². The minimum absolute atomic E-state index is 0.794. The molecule has 0 amide bonds. The molecule has 0 bridgehead atoms. The molecule has 0 unspecified atom stereocenters. The highest BCUT2D eigenvalue weighted by Gasteiger charge is 1.67. The molecule has 0 aromatic carbocycles. The molecule has 0 radical (unpaired) electrons. The molecule has 0 atom stereocenters. The van der Waals surface area contributed by atoms with Gasteiger partial charge in [0.05, 0.1) is 0 Å². The van der Waals surface area contributed by atoms with Crippen molar-refractivity contribution in [3.63, 3.8) is 0 Å². The third-order valence-electron chi connectivity index (χ3n) is 0.433. The predicted octanol–water partition coefficient (Wildman–Crippen LogP) is 1.59. The fourth-order valence-electron chi connectivity index (χ4n) is 0.289. The SMILES string of the molecule is CCO[C-](C)C. The summed E-state index contributed by atoms with van der Waals surface area (Å²) in [6.45, 7) is 6.67. The summed E-state index contributed by atoms with van der Waals surface area (Å²) in [5.74, 6) is 0. The highest BCUT2D eigenvalue weighted by molar-refractivity contribution is 4.58. The molecule has 0 saturated carbocycles. The molecule has 0 spiro atoms. The van der Waals surface area contributed by atoms with Gasteiger partial charge >= 0.3 is 0 Å². The number of hydrogen-bond donors (Lipinski definition) is 0. The second kappa shape index (κ2) is 3.16. The zero-order valence-electron chi connectivity index (χ0n) is 4.62. The average Bonchev–Trinajstić information content (AvgIpc) is 1.35. The molecule has 1 heteroatoms. The summed E-state index contributed by atoms with van der Waals surface area (Å²) in [5, 5.41) is 0. The summed E-state index contributed by atoms with van der Waals surface area (Å²) in [6.07, 6.45) is 1.04. The minimum atomic E-state index is 0.794. The van der Waals surface area contributed by atoms with Crippen molar-refractivity contribution in [2.75, 3.05) is 6.61 Å². The van der Waals surface area contributed by atoms with Gasteiger partial charge in [-0.25, -0.2) is 6.10 Å². The fourth-order valence-corrected chi connectivity index (χ4v) is 0.289. The quantitative estimate of drug-likeness (QED) is 0.465. The average molecular weight is 87.1 g/mol. The Morgan fingerprint density at radius 3 is 2.00 bits per heavy atom. The van der Waals surface area contributed by atoms with Crippen molar-refractivity contribution in [1.82, 2.24) is 0 Å². The highest BCUT2D eigenvalue weighted by Crippen LogP contribution is 1.93. The van der Waals surface area contributed by atoms with E-state index in [1.165, 1.54) is 0 Å². The fraction of sp³-hybridized carbons (Fsp3) is 0.800. The maximum Gasteiger partial charge on any atom is 0.00846 e. The molecule has 0 saturated heterocycles. The molecular weight excluding hydrogens is 76.1 g/mol. The van der Waals surface area contributed by atoms with Gasteiger partial charge in [0, 0.05) is 6.61 Å². The number of ether oxygens (including phenoxy) is 1. The van der Waals surface area contributed by atoms with Crippen LogP contribution in [-0.2, 0) is 4.74 Å². The largest absolute Gasteiger partial charge is 0.550 e. The van der Waals surface area contributed by atoms with E-state index in [0.717, 1.165) is 12.7 Å². The van der Waals surface area contributed by atoms with Gasteiger partial charge in [-0.2, -0.15) is 13.8 Å². The van der Waals surface area contributed by atoms with E-state index in [1.807, 2.05) is 20.8 Å². The molecular formula is C5H11O-. The Bertz CT molecular complexity index is 25.1. The van der Waals surface area contributed by atoms with E-state index in [1.54, 1.807) is 0 Å². The molecule has 0 aliphatic carbocycles. The van der Waals surface area contributed by atoms with Crippen LogP contribution in [0.2, 0.25) is 0 Å². The summed E-state index contributed by atoms with van der Waals surface area (Å²) < 4.78 is 4.96. The van der Waals surface area contributed by atoms with Crippen molar-refractivity contribution >= 4 is 0 Å². The van der Waals surface area contributed by atoms with Gasteiger partial charge in [-0.05, 0) is 6.92 Å². The van der Waals surface area contributed by atoms with E-state index < -0.39 is 0 Å². The lowest BCUT2D eigenvalue weighted by Gasteiger charge is -2.17. The first-order valence-electron chi connectivity index (χ1n) is 2.20. The smallest absolute Gasteiger partial charge is 0.00846 e. The van der Waals surface area contributed by atoms with Crippen LogP contribution in [0.25, 0.3) is 0 Å². The summed E-state index contributed by atoms with van der Waals surface area (Å²) in [4.78, 5) is 0. The van der Waals surface area contributed by atoms with Gasteiger partial charge in [-0.3, -0.25) is 0 Å². The Balaban J connectivity index is 2.63. The predicted molar refractivity (Wildman–Crippen MR) is 26.2 cm³/mol. The number of rotatable bonds is 2. The Morgan fingerprint density at radius 2 is 2.00 bits per heavy atom. The Kier molecular flexibility index (Phi) is 3.14. The molecule has 0 aromatic heterocycles. The molecule has 0 fully saturated rings. The van der Waals surface area contributed by atoms with Crippen LogP contribution >= 0.6 is 0 Å². The van der Waals surface area contributed by atoms with E-state index in [-0.39, 0.29) is 0 Å². The van der Waals surface area contributed by atoms with Gasteiger partial charge in [0.1, 0.15) is 0 Å². The van der Waals surface area contributed by atoms with E-state index in [4.69, 9.17) is 4.74 Å². The third-order valence-corrected chi connectivity index (χ3v) is 0.433. The maximum atomic E-state index is 4.96. The Labute approximate surface area is 39.3 Å². The van der Waals surface area contributed by atoms with Crippen LogP contribution in [0.4, 0.5) is 0 Å². The molecule has 38 valence electrons. The van der Waals surface area contributed by atoms with Crippen molar-refractivity contribution in [2.24, 2.45) is 0 Å². The van der Waals surface area contributed by atoms with Crippen molar-refractivity contribution in [3.8, 4) is 0 Å². The van der Waals surface area contributed by atoms with Crippen molar-refractivity contribution in [1.29, 1.82) is 0 Å². The van der Waals surface area contributed by atoms with Crippen LogP contribution in [0.3, 0.4) is 0 Å². The summed E-state index contributed by atoms with van der Waals surface area (Å²) in [7, 11) is 0. The van der Waals surface area contributed by atoms with Gasteiger partial charge in [-0.15, -0.1) is 0 Å². The topological polar surface area (TPSA) is 9.23 Å². The first kappa shape index (κ1) is 5.96. The summed E-state index contributed by atoms with van der Waals surface area (Å²) >= 11 is 0. The molecule has 1 nitrogen and oxygen atoms in total. The lowest BCUT2D eigenvalue weighted by atomic mass is 10.5. The van der Waals surface area contributed by atoms with Crippen LogP contribution in [0, 0.1) is 6.10 Å². The second-order valence-corrected chi connectivity index (χ2v) is 1.34. The molecule has 0 N–H and O–H groups in total. The first-order valence-corrected chi connectivity index (χ1v) is 2.20. The Hall–Kier alpha value is -0.0400. The minimum Gasteiger partial charge on any atom is -0.550 e. The molecule has 6 heavy (non-hydrogen) atoms. The normalized spacial score (nSPS) is 10.0. The monoisotopic (exact) mass is 87.1 g/mol. The molecule has 0 aromatic rings. The summed E-state index contributed by atoms with van der Waals surface area (Å²) in [5.41, 5.74) is 0. The van der Waals surface area contributed by atoms with Crippen LogP contribution in [0.5, 0.6) is 0 Å². The Morgan fingerprint density at radius 1 is 1.50 bits per heavy atom. The van der Waals surface area contributed by atoms with Crippen LogP contribution < -0.4 is 0 Å². The van der Waals surface area contributed by atoms with E-state index in [0.29, 0.717) is 0 Å². The van der Waals surface area contributed by atoms with Gasteiger partial charge in [0.25, 0.3) is 0 Å². The summed E-state index contributed by atoms with van der Waals surface area (Å²) in [6, 6.07) is 0. The highest BCUT2D eigenvalue weighted by atomic mass is 16.5. The molecule has 0 heterocycles. The molecule has 0 aliphatic rings. The lowest BCUT2D eigenvalue weighted by molar-refractivity contribution is 0.171.